The molecular formula is C7H4F4O2S. The molecular weight excluding hydrogens is 224 g/mol. The monoisotopic (exact) mass is 228 g/mol. The Balaban J connectivity index is 3.38. The second-order valence-electron chi connectivity index (χ2n) is 2.39. The van der Waals surface area contributed by atoms with Gasteiger partial charge >= 0.3 is 6.18 Å². The molecule has 1 rings (SSSR count). The van der Waals surface area contributed by atoms with Gasteiger partial charge in [0.15, 0.2) is 11.1 Å². The zero-order valence-corrected chi connectivity index (χ0v) is 7.32. The van der Waals surface area contributed by atoms with Gasteiger partial charge in [0.05, 0.1) is 10.5 Å². The van der Waals surface area contributed by atoms with E-state index < -0.39 is 33.5 Å². The highest BCUT2D eigenvalue weighted by Crippen LogP contribution is 2.33. The zero-order valence-electron chi connectivity index (χ0n) is 6.51. The predicted molar refractivity (Wildman–Crippen MR) is 40.4 cm³/mol. The van der Waals surface area contributed by atoms with Crippen LogP contribution < -0.4 is 0 Å². The van der Waals surface area contributed by atoms with E-state index in [1.54, 1.807) is 0 Å². The summed E-state index contributed by atoms with van der Waals surface area (Å²) in [4.78, 5) is -0.848. The van der Waals surface area contributed by atoms with Crippen molar-refractivity contribution in [1.29, 1.82) is 0 Å². The molecule has 2 nitrogen and oxygen atoms in total. The van der Waals surface area contributed by atoms with Crippen molar-refractivity contribution in [2.75, 3.05) is 0 Å². The first-order valence-electron chi connectivity index (χ1n) is 3.30. The highest BCUT2D eigenvalue weighted by atomic mass is 32.2. The van der Waals surface area contributed by atoms with Gasteiger partial charge in [0, 0.05) is 0 Å². The van der Waals surface area contributed by atoms with Crippen LogP contribution in [0.2, 0.25) is 0 Å². The van der Waals surface area contributed by atoms with Crippen molar-refractivity contribution in [3.05, 3.63) is 29.6 Å². The SMILES string of the molecule is O=S(O)c1ccc(F)cc1C(F)(F)F. The molecule has 1 aromatic rings. The Labute approximate surface area is 78.8 Å². The van der Waals surface area contributed by atoms with Gasteiger partial charge in [-0.1, -0.05) is 0 Å². The van der Waals surface area contributed by atoms with Gasteiger partial charge in [-0.15, -0.1) is 0 Å². The Hall–Kier alpha value is -0.950. The van der Waals surface area contributed by atoms with Crippen LogP contribution in [0.25, 0.3) is 0 Å². The normalized spacial score (nSPS) is 14.1. The quantitative estimate of drug-likeness (QED) is 0.592. The molecule has 7 heteroatoms. The van der Waals surface area contributed by atoms with E-state index in [2.05, 4.69) is 0 Å². The number of hydrogen-bond acceptors (Lipinski definition) is 1. The van der Waals surface area contributed by atoms with Crippen molar-refractivity contribution in [3.63, 3.8) is 0 Å². The molecule has 0 spiro atoms. The average Bonchev–Trinajstić information content (AvgIpc) is 2.01. The molecule has 0 aliphatic rings. The van der Waals surface area contributed by atoms with Crippen LogP contribution in [0.15, 0.2) is 23.1 Å². The highest BCUT2D eigenvalue weighted by molar-refractivity contribution is 7.79. The van der Waals surface area contributed by atoms with Gasteiger partial charge in [-0.05, 0) is 18.2 Å². The fourth-order valence-corrected chi connectivity index (χ4v) is 1.42. The van der Waals surface area contributed by atoms with Crippen molar-refractivity contribution in [2.24, 2.45) is 0 Å². The number of benzene rings is 1. The molecule has 78 valence electrons. The van der Waals surface area contributed by atoms with Crippen molar-refractivity contribution in [1.82, 2.24) is 0 Å². The van der Waals surface area contributed by atoms with E-state index in [1.165, 1.54) is 0 Å². The van der Waals surface area contributed by atoms with Crippen LogP contribution in [-0.4, -0.2) is 8.76 Å². The minimum atomic E-state index is -4.84. The molecule has 0 fully saturated rings. The van der Waals surface area contributed by atoms with Crippen molar-refractivity contribution >= 4 is 11.1 Å². The Morgan fingerprint density at radius 2 is 1.86 bits per heavy atom. The van der Waals surface area contributed by atoms with Crippen LogP contribution in [-0.2, 0) is 17.3 Å². The summed E-state index contributed by atoms with van der Waals surface area (Å²) in [6, 6.07) is 1.51. The summed E-state index contributed by atoms with van der Waals surface area (Å²) in [5.74, 6) is -1.11. The summed E-state index contributed by atoms with van der Waals surface area (Å²) >= 11 is -2.78. The highest BCUT2D eigenvalue weighted by Gasteiger charge is 2.35. The summed E-state index contributed by atoms with van der Waals surface area (Å²) in [6.07, 6.45) is -4.84. The van der Waals surface area contributed by atoms with Crippen molar-refractivity contribution in [2.45, 2.75) is 11.1 Å². The van der Waals surface area contributed by atoms with E-state index in [0.29, 0.717) is 12.1 Å². The molecule has 0 radical (unpaired) electrons. The maximum atomic E-state index is 12.5. The molecule has 0 amide bonds. The van der Waals surface area contributed by atoms with E-state index in [0.717, 1.165) is 0 Å². The standard InChI is InChI=1S/C7H4F4O2S/c8-4-1-2-6(14(12)13)5(3-4)7(9,10)11/h1-3H,(H,12,13). The Kier molecular flexibility index (Phi) is 2.91. The second kappa shape index (κ2) is 3.66. The van der Waals surface area contributed by atoms with E-state index in [4.69, 9.17) is 4.55 Å². The third-order valence-corrected chi connectivity index (χ3v) is 2.17. The van der Waals surface area contributed by atoms with E-state index in [1.807, 2.05) is 0 Å². The van der Waals surface area contributed by atoms with Crippen molar-refractivity contribution in [3.8, 4) is 0 Å². The van der Waals surface area contributed by atoms with E-state index in [9.17, 15) is 21.8 Å². The largest absolute Gasteiger partial charge is 0.417 e. The smallest absolute Gasteiger partial charge is 0.302 e. The number of rotatable bonds is 1. The van der Waals surface area contributed by atoms with Gasteiger partial charge in [-0.25, -0.2) is 8.60 Å². The topological polar surface area (TPSA) is 37.3 Å². The average molecular weight is 228 g/mol. The first-order valence-corrected chi connectivity index (χ1v) is 4.40. The van der Waals surface area contributed by atoms with Crippen LogP contribution >= 0.6 is 0 Å². The molecule has 0 aliphatic carbocycles. The lowest BCUT2D eigenvalue weighted by molar-refractivity contribution is -0.140. The lowest BCUT2D eigenvalue weighted by Gasteiger charge is -2.09. The molecule has 0 saturated heterocycles. The van der Waals surface area contributed by atoms with E-state index >= 15 is 0 Å². The minimum absolute atomic E-state index is 0.184. The molecule has 0 heterocycles. The van der Waals surface area contributed by atoms with Gasteiger partial charge in [0.2, 0.25) is 0 Å². The van der Waals surface area contributed by atoms with E-state index in [-0.39, 0.29) is 6.07 Å². The summed E-state index contributed by atoms with van der Waals surface area (Å²) in [5.41, 5.74) is -1.43. The molecule has 1 unspecified atom stereocenters. The van der Waals surface area contributed by atoms with Gasteiger partial charge < -0.3 is 4.55 Å². The second-order valence-corrected chi connectivity index (χ2v) is 3.33. The fraction of sp³-hybridized carbons (Fsp3) is 0.143. The number of alkyl halides is 3. The van der Waals surface area contributed by atoms with Gasteiger partial charge in [0.1, 0.15) is 5.82 Å². The number of halogens is 4. The van der Waals surface area contributed by atoms with Crippen LogP contribution in [0, 0.1) is 5.82 Å². The molecule has 0 saturated carbocycles. The summed E-state index contributed by atoms with van der Waals surface area (Å²) in [6.45, 7) is 0. The summed E-state index contributed by atoms with van der Waals surface area (Å²) in [7, 11) is 0. The molecule has 0 aliphatic heterocycles. The Bertz CT molecular complexity index is 374. The maximum Gasteiger partial charge on any atom is 0.417 e. The van der Waals surface area contributed by atoms with Gasteiger partial charge in [0.25, 0.3) is 0 Å². The lowest BCUT2D eigenvalue weighted by atomic mass is 10.2. The maximum absolute atomic E-state index is 12.5. The molecule has 1 N–H and O–H groups in total. The summed E-state index contributed by atoms with van der Waals surface area (Å²) < 4.78 is 68.0. The third kappa shape index (κ3) is 2.30. The first-order chi connectivity index (χ1) is 6.32. The van der Waals surface area contributed by atoms with Crippen LogP contribution in [0.4, 0.5) is 17.6 Å². The zero-order chi connectivity index (χ0) is 10.9. The Morgan fingerprint density at radius 1 is 1.29 bits per heavy atom. The lowest BCUT2D eigenvalue weighted by Crippen LogP contribution is -2.10. The fourth-order valence-electron chi connectivity index (χ4n) is 0.876. The molecule has 14 heavy (non-hydrogen) atoms. The third-order valence-electron chi connectivity index (χ3n) is 1.44. The van der Waals surface area contributed by atoms with Gasteiger partial charge in [-0.2, -0.15) is 13.2 Å². The Morgan fingerprint density at radius 3 is 2.29 bits per heavy atom. The van der Waals surface area contributed by atoms with Crippen molar-refractivity contribution < 1.29 is 26.3 Å². The molecule has 0 aromatic heterocycles. The minimum Gasteiger partial charge on any atom is -0.302 e. The molecule has 1 atom stereocenters. The first kappa shape index (κ1) is 11.1. The van der Waals surface area contributed by atoms with Crippen LogP contribution in [0.5, 0.6) is 0 Å². The molecule has 1 aromatic carbocycles. The van der Waals surface area contributed by atoms with Gasteiger partial charge in [-0.3, -0.25) is 0 Å². The van der Waals surface area contributed by atoms with Crippen LogP contribution in [0.1, 0.15) is 5.56 Å². The number of hydrogen-bond donors (Lipinski definition) is 1. The molecule has 0 bridgehead atoms. The van der Waals surface area contributed by atoms with Crippen LogP contribution in [0.3, 0.4) is 0 Å². The predicted octanol–water partition coefficient (Wildman–Crippen LogP) is 2.43. The summed E-state index contributed by atoms with van der Waals surface area (Å²) in [5, 5.41) is 0.